The van der Waals surface area contributed by atoms with Gasteiger partial charge in [-0.1, -0.05) is 13.8 Å². The van der Waals surface area contributed by atoms with E-state index in [-0.39, 0.29) is 29.0 Å². The van der Waals surface area contributed by atoms with Crippen LogP contribution in [0.1, 0.15) is 65.2 Å². The van der Waals surface area contributed by atoms with E-state index in [9.17, 15) is 14.7 Å². The van der Waals surface area contributed by atoms with Gasteiger partial charge in [-0.05, 0) is 49.9 Å². The molecule has 0 radical (unpaired) electrons. The summed E-state index contributed by atoms with van der Waals surface area (Å²) in [6.45, 7) is 4.32. The fraction of sp³-hybridized carbons (Fsp3) is 0.810. The summed E-state index contributed by atoms with van der Waals surface area (Å²) in [7, 11) is 0. The zero-order valence-corrected chi connectivity index (χ0v) is 14.8. The topological polar surface area (TPSA) is 54.4 Å². The van der Waals surface area contributed by atoms with E-state index >= 15 is 0 Å². The minimum Gasteiger partial charge on any atom is -0.388 e. The van der Waals surface area contributed by atoms with Crippen LogP contribution in [0.25, 0.3) is 0 Å². The predicted molar refractivity (Wildman–Crippen MR) is 90.9 cm³/mol. The molecule has 0 aromatic carbocycles. The number of terminal acetylenes is 1. The molecule has 0 unspecified atom stereocenters. The molecule has 0 aromatic heterocycles. The van der Waals surface area contributed by atoms with Crippen LogP contribution in [0.2, 0.25) is 0 Å². The van der Waals surface area contributed by atoms with Crippen molar-refractivity contribution in [3.05, 3.63) is 0 Å². The Morgan fingerprint density at radius 1 is 1.12 bits per heavy atom. The second kappa shape index (κ2) is 4.94. The average Bonchev–Trinajstić information content (AvgIpc) is 2.84. The number of carbonyl (C=O) groups is 2. The summed E-state index contributed by atoms with van der Waals surface area (Å²) >= 11 is 0. The fourth-order valence-corrected chi connectivity index (χ4v) is 7.09. The summed E-state index contributed by atoms with van der Waals surface area (Å²) in [6, 6.07) is 0. The Bertz CT molecular complexity index is 646. The van der Waals surface area contributed by atoms with Gasteiger partial charge in [-0.25, -0.2) is 0 Å². The second-order valence-corrected chi connectivity index (χ2v) is 9.31. The maximum Gasteiger partial charge on any atom is 0.139 e. The second-order valence-electron chi connectivity index (χ2n) is 9.31. The third-order valence-electron chi connectivity index (χ3n) is 8.63. The molecular formula is C21H28O3. The zero-order valence-electron chi connectivity index (χ0n) is 14.8. The first-order valence-electron chi connectivity index (χ1n) is 9.50. The van der Waals surface area contributed by atoms with Crippen molar-refractivity contribution < 1.29 is 14.7 Å². The molecule has 0 saturated heterocycles. The average molecular weight is 328 g/mol. The Labute approximate surface area is 144 Å². The molecule has 4 fully saturated rings. The van der Waals surface area contributed by atoms with Crippen molar-refractivity contribution in [2.45, 2.75) is 70.8 Å². The van der Waals surface area contributed by atoms with E-state index in [0.29, 0.717) is 36.4 Å². The van der Waals surface area contributed by atoms with Gasteiger partial charge in [0, 0.05) is 30.1 Å². The van der Waals surface area contributed by atoms with E-state index < -0.39 is 5.60 Å². The fourth-order valence-electron chi connectivity index (χ4n) is 7.09. The quantitative estimate of drug-likeness (QED) is 0.695. The molecule has 24 heavy (non-hydrogen) atoms. The molecule has 7 atom stereocenters. The number of Topliss-reactive ketones (excluding diaryl/α,β-unsaturated/α-hetero) is 2. The molecule has 1 N–H and O–H groups in total. The van der Waals surface area contributed by atoms with Gasteiger partial charge >= 0.3 is 0 Å². The molecule has 4 aliphatic rings. The van der Waals surface area contributed by atoms with Crippen molar-refractivity contribution in [1.29, 1.82) is 0 Å². The van der Waals surface area contributed by atoms with Gasteiger partial charge in [0.05, 0.1) is 11.5 Å². The van der Waals surface area contributed by atoms with Gasteiger partial charge in [0.2, 0.25) is 0 Å². The molecule has 0 bridgehead atoms. The van der Waals surface area contributed by atoms with Crippen LogP contribution in [-0.4, -0.2) is 22.3 Å². The van der Waals surface area contributed by atoms with Crippen LogP contribution in [0.5, 0.6) is 0 Å². The highest BCUT2D eigenvalue weighted by molar-refractivity contribution is 5.87. The lowest BCUT2D eigenvalue weighted by Crippen LogP contribution is -2.66. The summed E-state index contributed by atoms with van der Waals surface area (Å²) in [5.74, 6) is 4.33. The van der Waals surface area contributed by atoms with E-state index in [0.717, 1.165) is 32.1 Å². The van der Waals surface area contributed by atoms with Gasteiger partial charge in [0.25, 0.3) is 0 Å². The normalized spacial score (nSPS) is 53.8. The van der Waals surface area contributed by atoms with Gasteiger partial charge in [0.15, 0.2) is 0 Å². The molecule has 4 saturated carbocycles. The third-order valence-corrected chi connectivity index (χ3v) is 8.63. The molecule has 0 amide bonds. The van der Waals surface area contributed by atoms with Crippen LogP contribution in [0, 0.1) is 46.8 Å². The van der Waals surface area contributed by atoms with E-state index in [1.807, 2.05) is 0 Å². The van der Waals surface area contributed by atoms with Crippen LogP contribution in [0.3, 0.4) is 0 Å². The standard InChI is InChI=1S/C21H28O3/c1-4-13-11-15-16-5-6-18(23)19(16,2)9-8-17(15)20(3)10-7-14(22)12-21(13,20)24/h1,13,15-17,24H,5-12H2,2-3H3/t13-,15+,16+,17+,19+,20-,21+/m1/s1. The summed E-state index contributed by atoms with van der Waals surface area (Å²) in [6.07, 6.45) is 11.7. The molecular weight excluding hydrogens is 300 g/mol. The molecule has 0 aliphatic heterocycles. The van der Waals surface area contributed by atoms with E-state index in [4.69, 9.17) is 6.42 Å². The summed E-state index contributed by atoms with van der Waals surface area (Å²) in [4.78, 5) is 24.6. The highest BCUT2D eigenvalue weighted by atomic mass is 16.3. The van der Waals surface area contributed by atoms with E-state index in [2.05, 4.69) is 19.8 Å². The monoisotopic (exact) mass is 328 g/mol. The molecule has 130 valence electrons. The summed E-state index contributed by atoms with van der Waals surface area (Å²) in [5.41, 5.74) is -1.54. The van der Waals surface area contributed by atoms with Gasteiger partial charge < -0.3 is 5.11 Å². The Balaban J connectivity index is 1.77. The zero-order chi connectivity index (χ0) is 17.3. The molecule has 3 nitrogen and oxygen atoms in total. The SMILES string of the molecule is C#C[C@@H]1C[C@H]2[C@@H]3CCC(=O)[C@@]3(C)CC[C@@H]2[C@@]2(C)CCC(=O)C[C@]12O. The molecule has 0 spiro atoms. The lowest BCUT2D eigenvalue weighted by atomic mass is 9.41. The van der Waals surface area contributed by atoms with E-state index in [1.165, 1.54) is 0 Å². The first-order valence-corrected chi connectivity index (χ1v) is 9.50. The number of rotatable bonds is 0. The largest absolute Gasteiger partial charge is 0.388 e. The van der Waals surface area contributed by atoms with Gasteiger partial charge in [-0.2, -0.15) is 0 Å². The van der Waals surface area contributed by atoms with Crippen LogP contribution < -0.4 is 0 Å². The van der Waals surface area contributed by atoms with Crippen LogP contribution in [-0.2, 0) is 9.59 Å². The minimum atomic E-state index is -1.06. The Kier molecular flexibility index (Phi) is 3.37. The number of ketones is 2. The lowest BCUT2D eigenvalue weighted by molar-refractivity contribution is -0.217. The van der Waals surface area contributed by atoms with Crippen molar-refractivity contribution in [3.8, 4) is 12.3 Å². The van der Waals surface area contributed by atoms with Crippen molar-refractivity contribution in [2.24, 2.45) is 34.5 Å². The van der Waals surface area contributed by atoms with E-state index in [1.54, 1.807) is 0 Å². The molecule has 0 heterocycles. The highest BCUT2D eigenvalue weighted by Crippen LogP contribution is 2.67. The lowest BCUT2D eigenvalue weighted by Gasteiger charge is -2.64. The number of hydrogen-bond donors (Lipinski definition) is 1. The number of carbonyl (C=O) groups excluding carboxylic acids is 2. The van der Waals surface area contributed by atoms with Gasteiger partial charge in [0.1, 0.15) is 11.6 Å². The van der Waals surface area contributed by atoms with Crippen molar-refractivity contribution >= 4 is 11.6 Å². The first-order chi connectivity index (χ1) is 11.3. The number of aliphatic hydroxyl groups is 1. The maximum atomic E-state index is 12.5. The third kappa shape index (κ3) is 1.79. The molecule has 0 aromatic rings. The Morgan fingerprint density at radius 3 is 2.58 bits per heavy atom. The van der Waals surface area contributed by atoms with Crippen molar-refractivity contribution in [2.75, 3.05) is 0 Å². The Hall–Kier alpha value is -1.14. The smallest absolute Gasteiger partial charge is 0.139 e. The maximum absolute atomic E-state index is 12.5. The van der Waals surface area contributed by atoms with Crippen LogP contribution >= 0.6 is 0 Å². The number of fused-ring (bicyclic) bond motifs is 5. The van der Waals surface area contributed by atoms with Gasteiger partial charge in [-0.3, -0.25) is 9.59 Å². The summed E-state index contributed by atoms with van der Waals surface area (Å²) in [5, 5.41) is 11.5. The number of hydrogen-bond acceptors (Lipinski definition) is 3. The van der Waals surface area contributed by atoms with Crippen LogP contribution in [0.15, 0.2) is 0 Å². The predicted octanol–water partition coefficient (Wildman–Crippen LogP) is 3.14. The first kappa shape index (κ1) is 16.3. The highest BCUT2D eigenvalue weighted by Gasteiger charge is 2.67. The molecule has 4 rings (SSSR count). The minimum absolute atomic E-state index is 0.144. The summed E-state index contributed by atoms with van der Waals surface area (Å²) < 4.78 is 0. The molecule has 4 aliphatic carbocycles. The van der Waals surface area contributed by atoms with Crippen molar-refractivity contribution in [1.82, 2.24) is 0 Å². The van der Waals surface area contributed by atoms with Crippen molar-refractivity contribution in [3.63, 3.8) is 0 Å². The molecule has 3 heteroatoms. The van der Waals surface area contributed by atoms with Gasteiger partial charge in [-0.15, -0.1) is 12.3 Å². The van der Waals surface area contributed by atoms with Crippen LogP contribution in [0.4, 0.5) is 0 Å². The Morgan fingerprint density at radius 2 is 1.88 bits per heavy atom.